The predicted molar refractivity (Wildman–Crippen MR) is 87.3 cm³/mol. The van der Waals surface area contributed by atoms with Crippen LogP contribution in [0.5, 0.6) is 0 Å². The van der Waals surface area contributed by atoms with Gasteiger partial charge in [-0.25, -0.2) is 13.1 Å². The standard InChI is InChI=1S/C15H23NO3S2/c1-11(15(10-17)20-2)16-21(18,19)14-8-7-12-5-3-4-6-13(12)9-14/h7-9,11,15-17H,3-6,10H2,1-2H3. The van der Waals surface area contributed by atoms with Crippen LogP contribution in [-0.2, 0) is 22.9 Å². The van der Waals surface area contributed by atoms with E-state index in [0.29, 0.717) is 4.90 Å². The Kier molecular flexibility index (Phi) is 5.71. The van der Waals surface area contributed by atoms with Gasteiger partial charge in [0.25, 0.3) is 0 Å². The summed E-state index contributed by atoms with van der Waals surface area (Å²) in [5.41, 5.74) is 2.42. The number of rotatable bonds is 6. The van der Waals surface area contributed by atoms with Gasteiger partial charge in [0.1, 0.15) is 0 Å². The molecule has 0 heterocycles. The van der Waals surface area contributed by atoms with Crippen molar-refractivity contribution in [1.82, 2.24) is 4.72 Å². The van der Waals surface area contributed by atoms with Gasteiger partial charge in [0.2, 0.25) is 10.0 Å². The van der Waals surface area contributed by atoms with Gasteiger partial charge in [0.05, 0.1) is 11.5 Å². The number of sulfonamides is 1. The predicted octanol–water partition coefficient (Wildman–Crippen LogP) is 1.96. The molecular weight excluding hydrogens is 306 g/mol. The lowest BCUT2D eigenvalue weighted by Gasteiger charge is -2.22. The molecule has 1 aromatic carbocycles. The Bertz CT molecular complexity index is 583. The maximum absolute atomic E-state index is 12.5. The van der Waals surface area contributed by atoms with E-state index in [1.807, 2.05) is 12.3 Å². The molecule has 1 aliphatic rings. The lowest BCUT2D eigenvalue weighted by Crippen LogP contribution is -2.41. The van der Waals surface area contributed by atoms with E-state index in [4.69, 9.17) is 0 Å². The van der Waals surface area contributed by atoms with Crippen LogP contribution in [0.2, 0.25) is 0 Å². The number of fused-ring (bicyclic) bond motifs is 1. The number of nitrogens with one attached hydrogen (secondary N) is 1. The molecule has 118 valence electrons. The SMILES string of the molecule is CSC(CO)C(C)NS(=O)(=O)c1ccc2c(c1)CCCC2. The van der Waals surface area contributed by atoms with Crippen LogP contribution in [0.25, 0.3) is 0 Å². The summed E-state index contributed by atoms with van der Waals surface area (Å²) in [7, 11) is -3.53. The Morgan fingerprint density at radius 2 is 1.95 bits per heavy atom. The van der Waals surface area contributed by atoms with Gasteiger partial charge in [-0.15, -0.1) is 0 Å². The summed E-state index contributed by atoms with van der Waals surface area (Å²) in [6.07, 6.45) is 6.17. The molecule has 0 saturated heterocycles. The van der Waals surface area contributed by atoms with E-state index in [1.165, 1.54) is 23.7 Å². The minimum atomic E-state index is -3.53. The van der Waals surface area contributed by atoms with Gasteiger partial charge in [-0.2, -0.15) is 11.8 Å². The number of hydrogen-bond donors (Lipinski definition) is 2. The summed E-state index contributed by atoms with van der Waals surface area (Å²) in [4.78, 5) is 0.327. The number of aryl methyl sites for hydroxylation is 2. The molecule has 6 heteroatoms. The first kappa shape index (κ1) is 16.8. The molecule has 0 bridgehead atoms. The minimum Gasteiger partial charge on any atom is -0.395 e. The van der Waals surface area contributed by atoms with Gasteiger partial charge in [-0.05, 0) is 62.1 Å². The third-order valence-corrected chi connectivity index (χ3v) is 6.73. The molecule has 0 aromatic heterocycles. The highest BCUT2D eigenvalue weighted by Gasteiger charge is 2.23. The lowest BCUT2D eigenvalue weighted by atomic mass is 9.92. The minimum absolute atomic E-state index is 0.0466. The highest BCUT2D eigenvalue weighted by molar-refractivity contribution is 7.99. The molecule has 0 fully saturated rings. The zero-order chi connectivity index (χ0) is 15.5. The molecule has 1 aromatic rings. The van der Waals surface area contributed by atoms with E-state index in [-0.39, 0.29) is 17.9 Å². The Balaban J connectivity index is 2.19. The summed E-state index contributed by atoms with van der Waals surface area (Å²) in [6.45, 7) is 1.74. The fourth-order valence-electron chi connectivity index (χ4n) is 2.70. The average Bonchev–Trinajstić information content (AvgIpc) is 2.47. The van der Waals surface area contributed by atoms with Gasteiger partial charge in [-0.3, -0.25) is 0 Å². The first-order chi connectivity index (χ1) is 9.97. The van der Waals surface area contributed by atoms with Crippen LogP contribution in [0.3, 0.4) is 0 Å². The quantitative estimate of drug-likeness (QED) is 0.837. The van der Waals surface area contributed by atoms with Crippen molar-refractivity contribution in [3.63, 3.8) is 0 Å². The lowest BCUT2D eigenvalue weighted by molar-refractivity contribution is 0.282. The number of benzene rings is 1. The second kappa shape index (κ2) is 7.13. The second-order valence-corrected chi connectivity index (χ2v) is 8.30. The molecule has 2 unspecified atom stereocenters. The zero-order valence-corrected chi connectivity index (χ0v) is 14.1. The van der Waals surface area contributed by atoms with E-state index < -0.39 is 10.0 Å². The van der Waals surface area contributed by atoms with Crippen molar-refractivity contribution in [2.45, 2.75) is 48.8 Å². The largest absolute Gasteiger partial charge is 0.395 e. The van der Waals surface area contributed by atoms with Gasteiger partial charge in [-0.1, -0.05) is 6.07 Å². The normalized spacial score (nSPS) is 18.0. The van der Waals surface area contributed by atoms with Crippen molar-refractivity contribution in [1.29, 1.82) is 0 Å². The first-order valence-electron chi connectivity index (χ1n) is 7.25. The van der Waals surface area contributed by atoms with E-state index in [0.717, 1.165) is 24.8 Å². The number of hydrogen-bond acceptors (Lipinski definition) is 4. The molecule has 0 amide bonds. The molecule has 0 aliphatic heterocycles. The van der Waals surface area contributed by atoms with Crippen LogP contribution in [-0.4, -0.2) is 37.7 Å². The molecule has 0 radical (unpaired) electrons. The van der Waals surface area contributed by atoms with Crippen LogP contribution in [0.4, 0.5) is 0 Å². The van der Waals surface area contributed by atoms with Crippen molar-refractivity contribution in [3.8, 4) is 0 Å². The summed E-state index contributed by atoms with van der Waals surface area (Å²) in [6, 6.07) is 5.11. The zero-order valence-electron chi connectivity index (χ0n) is 12.5. The van der Waals surface area contributed by atoms with Crippen LogP contribution >= 0.6 is 11.8 Å². The summed E-state index contributed by atoms with van der Waals surface area (Å²) in [5.74, 6) is 0. The Labute approximate surface area is 131 Å². The second-order valence-electron chi connectivity index (χ2n) is 5.50. The Hall–Kier alpha value is -0.560. The average molecular weight is 329 g/mol. The molecule has 0 spiro atoms. The molecule has 2 rings (SSSR count). The maximum Gasteiger partial charge on any atom is 0.240 e. The molecule has 1 aliphatic carbocycles. The van der Waals surface area contributed by atoms with E-state index >= 15 is 0 Å². The van der Waals surface area contributed by atoms with Crippen LogP contribution < -0.4 is 4.72 Å². The molecule has 21 heavy (non-hydrogen) atoms. The highest BCUT2D eigenvalue weighted by atomic mass is 32.2. The summed E-state index contributed by atoms with van der Waals surface area (Å²) in [5, 5.41) is 9.12. The fourth-order valence-corrected chi connectivity index (χ4v) is 4.75. The number of aliphatic hydroxyl groups excluding tert-OH is 1. The summed E-state index contributed by atoms with van der Waals surface area (Å²) < 4.78 is 27.6. The fraction of sp³-hybridized carbons (Fsp3) is 0.600. The van der Waals surface area contributed by atoms with E-state index in [9.17, 15) is 13.5 Å². The van der Waals surface area contributed by atoms with Gasteiger partial charge in [0, 0.05) is 11.3 Å². The smallest absolute Gasteiger partial charge is 0.240 e. The molecule has 2 N–H and O–H groups in total. The monoisotopic (exact) mass is 329 g/mol. The summed E-state index contributed by atoms with van der Waals surface area (Å²) >= 11 is 1.46. The van der Waals surface area contributed by atoms with Crippen molar-refractivity contribution in [2.75, 3.05) is 12.9 Å². The van der Waals surface area contributed by atoms with Gasteiger partial charge >= 0.3 is 0 Å². The highest BCUT2D eigenvalue weighted by Crippen LogP contribution is 2.24. The molecular formula is C15H23NO3S2. The Morgan fingerprint density at radius 1 is 1.29 bits per heavy atom. The van der Waals surface area contributed by atoms with Crippen LogP contribution in [0.15, 0.2) is 23.1 Å². The van der Waals surface area contributed by atoms with Crippen LogP contribution in [0.1, 0.15) is 30.9 Å². The Morgan fingerprint density at radius 3 is 2.57 bits per heavy atom. The molecule has 4 nitrogen and oxygen atoms in total. The first-order valence-corrected chi connectivity index (χ1v) is 10.0. The van der Waals surface area contributed by atoms with E-state index in [1.54, 1.807) is 19.1 Å². The maximum atomic E-state index is 12.5. The van der Waals surface area contributed by atoms with Crippen molar-refractivity contribution < 1.29 is 13.5 Å². The molecule has 0 saturated carbocycles. The van der Waals surface area contributed by atoms with Crippen molar-refractivity contribution >= 4 is 21.8 Å². The third-order valence-electron chi connectivity index (χ3n) is 4.01. The third kappa shape index (κ3) is 4.00. The molecule has 2 atom stereocenters. The number of thioether (sulfide) groups is 1. The van der Waals surface area contributed by atoms with Gasteiger partial charge < -0.3 is 5.11 Å². The van der Waals surface area contributed by atoms with E-state index in [2.05, 4.69) is 4.72 Å². The van der Waals surface area contributed by atoms with Gasteiger partial charge in [0.15, 0.2) is 0 Å². The topological polar surface area (TPSA) is 66.4 Å². The number of aliphatic hydroxyl groups is 1. The van der Waals surface area contributed by atoms with Crippen LogP contribution in [0, 0.1) is 0 Å². The van der Waals surface area contributed by atoms with Crippen molar-refractivity contribution in [3.05, 3.63) is 29.3 Å². The van der Waals surface area contributed by atoms with Crippen molar-refractivity contribution in [2.24, 2.45) is 0 Å².